The molecule has 0 saturated carbocycles. The lowest BCUT2D eigenvalue weighted by molar-refractivity contribution is -0.130. The highest BCUT2D eigenvalue weighted by Crippen LogP contribution is 2.29. The van der Waals surface area contributed by atoms with Crippen molar-refractivity contribution in [2.45, 2.75) is 39.3 Å². The fourth-order valence-electron chi connectivity index (χ4n) is 3.03. The van der Waals surface area contributed by atoms with E-state index >= 15 is 0 Å². The van der Waals surface area contributed by atoms with Crippen LogP contribution in [0.15, 0.2) is 54.6 Å². The van der Waals surface area contributed by atoms with Gasteiger partial charge in [-0.2, -0.15) is 0 Å². The molecule has 0 aromatic heterocycles. The van der Waals surface area contributed by atoms with Crippen LogP contribution in [0.4, 0.5) is 0 Å². The smallest absolute Gasteiger partial charge is 0.222 e. The van der Waals surface area contributed by atoms with E-state index in [1.54, 1.807) is 12.0 Å². The molecule has 2 aromatic carbocycles. The topological polar surface area (TPSA) is 58.6 Å². The number of carbonyl (C=O) groups is 2. The van der Waals surface area contributed by atoms with Crippen molar-refractivity contribution < 1.29 is 14.3 Å². The van der Waals surface area contributed by atoms with Crippen molar-refractivity contribution >= 4 is 11.8 Å². The highest BCUT2D eigenvalue weighted by Gasteiger charge is 2.26. The van der Waals surface area contributed by atoms with Gasteiger partial charge in [-0.3, -0.25) is 9.59 Å². The highest BCUT2D eigenvalue weighted by molar-refractivity contribution is 5.79. The van der Waals surface area contributed by atoms with Gasteiger partial charge in [0, 0.05) is 32.0 Å². The van der Waals surface area contributed by atoms with E-state index < -0.39 is 5.54 Å². The van der Waals surface area contributed by atoms with Crippen LogP contribution in [0, 0.1) is 0 Å². The summed E-state index contributed by atoms with van der Waals surface area (Å²) in [5, 5.41) is 3.05. The standard InChI is InChI=1S/C22H28N2O3/c1-17(25)24(16-18-10-6-5-7-11-18)15-14-21(26)23-22(2,3)19-12-8-9-13-20(19)27-4/h5-13H,14-16H2,1-4H3,(H,23,26). The van der Waals surface area contributed by atoms with Crippen LogP contribution in [0.3, 0.4) is 0 Å². The molecule has 0 aliphatic heterocycles. The first-order valence-electron chi connectivity index (χ1n) is 9.07. The number of methoxy groups -OCH3 is 1. The minimum absolute atomic E-state index is 0.0457. The zero-order chi connectivity index (χ0) is 19.9. The summed E-state index contributed by atoms with van der Waals surface area (Å²) < 4.78 is 5.41. The van der Waals surface area contributed by atoms with Gasteiger partial charge in [0.1, 0.15) is 5.75 Å². The molecule has 0 spiro atoms. The number of rotatable bonds is 8. The van der Waals surface area contributed by atoms with Gasteiger partial charge in [-0.05, 0) is 25.5 Å². The molecule has 2 rings (SSSR count). The molecular weight excluding hydrogens is 340 g/mol. The van der Waals surface area contributed by atoms with Crippen molar-refractivity contribution in [3.8, 4) is 5.75 Å². The highest BCUT2D eigenvalue weighted by atomic mass is 16.5. The van der Waals surface area contributed by atoms with E-state index in [-0.39, 0.29) is 18.2 Å². The van der Waals surface area contributed by atoms with Crippen LogP contribution >= 0.6 is 0 Å². The van der Waals surface area contributed by atoms with Crippen molar-refractivity contribution in [1.82, 2.24) is 10.2 Å². The number of nitrogens with one attached hydrogen (secondary N) is 1. The van der Waals surface area contributed by atoms with Gasteiger partial charge in [0.25, 0.3) is 0 Å². The van der Waals surface area contributed by atoms with Gasteiger partial charge in [-0.15, -0.1) is 0 Å². The summed E-state index contributed by atoms with van der Waals surface area (Å²) in [5.41, 5.74) is 1.38. The first-order chi connectivity index (χ1) is 12.8. The second kappa shape index (κ2) is 9.21. The lowest BCUT2D eigenvalue weighted by Gasteiger charge is -2.29. The quantitative estimate of drug-likeness (QED) is 0.776. The van der Waals surface area contributed by atoms with Crippen LogP contribution in [0.5, 0.6) is 5.75 Å². The van der Waals surface area contributed by atoms with E-state index in [0.717, 1.165) is 16.9 Å². The molecule has 144 valence electrons. The summed E-state index contributed by atoms with van der Waals surface area (Å²) in [4.78, 5) is 26.1. The number of hydrogen-bond acceptors (Lipinski definition) is 3. The summed E-state index contributed by atoms with van der Waals surface area (Å²) in [7, 11) is 1.62. The SMILES string of the molecule is COc1ccccc1C(C)(C)NC(=O)CCN(Cc1ccccc1)C(C)=O. The maximum Gasteiger partial charge on any atom is 0.222 e. The molecule has 5 heteroatoms. The third kappa shape index (κ3) is 5.84. The van der Waals surface area contributed by atoms with Crippen LogP contribution in [-0.4, -0.2) is 30.4 Å². The molecule has 2 aromatic rings. The first kappa shape index (κ1) is 20.5. The van der Waals surface area contributed by atoms with Crippen LogP contribution in [-0.2, 0) is 21.7 Å². The maximum atomic E-state index is 12.5. The minimum atomic E-state index is -0.579. The molecule has 0 fully saturated rings. The van der Waals surface area contributed by atoms with Crippen LogP contribution in [0.1, 0.15) is 38.3 Å². The Morgan fingerprint density at radius 2 is 1.67 bits per heavy atom. The van der Waals surface area contributed by atoms with Gasteiger partial charge in [0.05, 0.1) is 12.6 Å². The number of hydrogen-bond donors (Lipinski definition) is 1. The van der Waals surface area contributed by atoms with Gasteiger partial charge in [0.2, 0.25) is 11.8 Å². The normalized spacial score (nSPS) is 11.0. The monoisotopic (exact) mass is 368 g/mol. The van der Waals surface area contributed by atoms with Crippen LogP contribution in [0.25, 0.3) is 0 Å². The maximum absolute atomic E-state index is 12.5. The number of amides is 2. The zero-order valence-corrected chi connectivity index (χ0v) is 16.5. The average Bonchev–Trinajstić information content (AvgIpc) is 2.65. The molecule has 0 heterocycles. The Labute approximate surface area is 161 Å². The summed E-state index contributed by atoms with van der Waals surface area (Å²) >= 11 is 0. The molecule has 0 radical (unpaired) electrons. The van der Waals surface area contributed by atoms with Crippen molar-refractivity contribution in [2.75, 3.05) is 13.7 Å². The summed E-state index contributed by atoms with van der Waals surface area (Å²) in [6, 6.07) is 17.4. The molecular formula is C22H28N2O3. The molecule has 5 nitrogen and oxygen atoms in total. The first-order valence-corrected chi connectivity index (χ1v) is 9.07. The van der Waals surface area contributed by atoms with Crippen molar-refractivity contribution in [1.29, 1.82) is 0 Å². The molecule has 0 aliphatic carbocycles. The van der Waals surface area contributed by atoms with Crippen molar-refractivity contribution in [3.05, 3.63) is 65.7 Å². The molecule has 0 unspecified atom stereocenters. The van der Waals surface area contributed by atoms with Crippen LogP contribution < -0.4 is 10.1 Å². The summed E-state index contributed by atoms with van der Waals surface area (Å²) in [6.07, 6.45) is 0.241. The van der Waals surface area contributed by atoms with Crippen molar-refractivity contribution in [3.63, 3.8) is 0 Å². The van der Waals surface area contributed by atoms with Gasteiger partial charge < -0.3 is 15.0 Å². The predicted octanol–water partition coefficient (Wildman–Crippen LogP) is 3.49. The molecule has 0 saturated heterocycles. The number of nitrogens with zero attached hydrogens (tertiary/aromatic N) is 1. The zero-order valence-electron chi connectivity index (χ0n) is 16.5. The Kier molecular flexibility index (Phi) is 6.99. The largest absolute Gasteiger partial charge is 0.496 e. The van der Waals surface area contributed by atoms with Crippen molar-refractivity contribution in [2.24, 2.45) is 0 Å². The van der Waals surface area contributed by atoms with Gasteiger partial charge in [-0.1, -0.05) is 48.5 Å². The second-order valence-electron chi connectivity index (χ2n) is 7.05. The molecule has 2 amide bonds. The Morgan fingerprint density at radius 3 is 2.30 bits per heavy atom. The second-order valence-corrected chi connectivity index (χ2v) is 7.05. The third-order valence-electron chi connectivity index (χ3n) is 4.50. The molecule has 0 aliphatic rings. The lowest BCUT2D eigenvalue weighted by Crippen LogP contribution is -2.42. The van der Waals surface area contributed by atoms with E-state index in [9.17, 15) is 9.59 Å². The van der Waals surface area contributed by atoms with E-state index in [1.807, 2.05) is 68.4 Å². The summed E-state index contributed by atoms with van der Waals surface area (Å²) in [6.45, 7) is 6.28. The summed E-state index contributed by atoms with van der Waals surface area (Å²) in [5.74, 6) is 0.582. The molecule has 1 N–H and O–H groups in total. The minimum Gasteiger partial charge on any atom is -0.496 e. The van der Waals surface area contributed by atoms with Gasteiger partial charge in [-0.25, -0.2) is 0 Å². The fourth-order valence-corrected chi connectivity index (χ4v) is 3.03. The van der Waals surface area contributed by atoms with Gasteiger partial charge in [0.15, 0.2) is 0 Å². The number of ether oxygens (including phenoxy) is 1. The molecule has 0 atom stereocenters. The molecule has 27 heavy (non-hydrogen) atoms. The van der Waals surface area contributed by atoms with E-state index in [4.69, 9.17) is 4.74 Å². The van der Waals surface area contributed by atoms with E-state index in [2.05, 4.69) is 5.32 Å². The third-order valence-corrected chi connectivity index (χ3v) is 4.50. The number of carbonyl (C=O) groups excluding carboxylic acids is 2. The average molecular weight is 368 g/mol. The Hall–Kier alpha value is -2.82. The Balaban J connectivity index is 1.98. The molecule has 0 bridgehead atoms. The fraction of sp³-hybridized carbons (Fsp3) is 0.364. The Morgan fingerprint density at radius 1 is 1.04 bits per heavy atom. The van der Waals surface area contributed by atoms with Crippen LogP contribution in [0.2, 0.25) is 0 Å². The Bertz CT molecular complexity index is 772. The van der Waals surface area contributed by atoms with E-state index in [0.29, 0.717) is 13.1 Å². The predicted molar refractivity (Wildman–Crippen MR) is 106 cm³/mol. The van der Waals surface area contributed by atoms with Gasteiger partial charge >= 0.3 is 0 Å². The number of para-hydroxylation sites is 1. The lowest BCUT2D eigenvalue weighted by atomic mass is 9.93. The number of benzene rings is 2. The van der Waals surface area contributed by atoms with E-state index in [1.165, 1.54) is 6.92 Å².